The fourth-order valence-corrected chi connectivity index (χ4v) is 3.19. The molecule has 2 aromatic rings. The van der Waals surface area contributed by atoms with Crippen LogP contribution >= 0.6 is 15.9 Å². The smallest absolute Gasteiger partial charge is 0.238 e. The Morgan fingerprint density at radius 2 is 1.71 bits per heavy atom. The van der Waals surface area contributed by atoms with Crippen molar-refractivity contribution in [2.24, 2.45) is 0 Å². The number of halogens is 2. The highest BCUT2D eigenvalue weighted by atomic mass is 79.9. The Bertz CT molecular complexity index is 717. The maximum absolute atomic E-state index is 13.8. The van der Waals surface area contributed by atoms with E-state index >= 15 is 0 Å². The topological polar surface area (TPSA) is 35.6 Å². The van der Waals surface area contributed by atoms with Crippen LogP contribution in [0.5, 0.6) is 0 Å². The van der Waals surface area contributed by atoms with E-state index in [1.807, 2.05) is 35.2 Å². The zero-order chi connectivity index (χ0) is 16.9. The van der Waals surface area contributed by atoms with Gasteiger partial charge in [-0.15, -0.1) is 0 Å². The van der Waals surface area contributed by atoms with Crippen molar-refractivity contribution in [1.29, 1.82) is 0 Å². The summed E-state index contributed by atoms with van der Waals surface area (Å²) in [5, 5.41) is 2.91. The lowest BCUT2D eigenvalue weighted by Crippen LogP contribution is -2.48. The molecule has 126 valence electrons. The summed E-state index contributed by atoms with van der Waals surface area (Å²) in [6.45, 7) is 3.23. The third-order valence-corrected chi connectivity index (χ3v) is 4.77. The first kappa shape index (κ1) is 16.9. The van der Waals surface area contributed by atoms with Crippen LogP contribution in [0.4, 0.5) is 15.8 Å². The Balaban J connectivity index is 1.51. The first-order chi connectivity index (χ1) is 11.6. The Kier molecular flexibility index (Phi) is 5.48. The molecule has 0 aliphatic carbocycles. The number of rotatable bonds is 4. The van der Waals surface area contributed by atoms with Crippen molar-refractivity contribution in [3.63, 3.8) is 0 Å². The zero-order valence-corrected chi connectivity index (χ0v) is 14.8. The van der Waals surface area contributed by atoms with Crippen molar-refractivity contribution in [3.05, 3.63) is 58.8 Å². The number of nitrogens with zero attached hydrogens (tertiary/aromatic N) is 2. The van der Waals surface area contributed by atoms with Gasteiger partial charge in [-0.2, -0.15) is 0 Å². The predicted molar refractivity (Wildman–Crippen MR) is 97.8 cm³/mol. The van der Waals surface area contributed by atoms with Crippen molar-refractivity contribution < 1.29 is 9.18 Å². The molecule has 1 aliphatic rings. The Morgan fingerprint density at radius 3 is 2.42 bits per heavy atom. The second-order valence-electron chi connectivity index (χ2n) is 5.74. The molecule has 1 saturated heterocycles. The van der Waals surface area contributed by atoms with E-state index in [0.29, 0.717) is 25.3 Å². The monoisotopic (exact) mass is 391 g/mol. The molecule has 3 rings (SSSR count). The lowest BCUT2D eigenvalue weighted by molar-refractivity contribution is -0.117. The molecular formula is C18H19BrFN3O. The van der Waals surface area contributed by atoms with Gasteiger partial charge in [-0.05, 0) is 40.2 Å². The van der Waals surface area contributed by atoms with Crippen LogP contribution in [0.25, 0.3) is 0 Å². The van der Waals surface area contributed by atoms with Gasteiger partial charge in [0.15, 0.2) is 0 Å². The summed E-state index contributed by atoms with van der Waals surface area (Å²) in [5.74, 6) is -0.237. The van der Waals surface area contributed by atoms with E-state index in [9.17, 15) is 9.18 Å². The quantitative estimate of drug-likeness (QED) is 0.867. The van der Waals surface area contributed by atoms with Gasteiger partial charge in [-0.1, -0.05) is 24.3 Å². The number of nitrogens with one attached hydrogen (secondary N) is 1. The summed E-state index contributed by atoms with van der Waals surface area (Å²) < 4.78 is 14.7. The summed E-state index contributed by atoms with van der Waals surface area (Å²) in [4.78, 5) is 16.3. The van der Waals surface area contributed by atoms with Gasteiger partial charge >= 0.3 is 0 Å². The maximum Gasteiger partial charge on any atom is 0.238 e. The molecule has 0 spiro atoms. The molecule has 0 aromatic heterocycles. The lowest BCUT2D eigenvalue weighted by Gasteiger charge is -2.35. The van der Waals surface area contributed by atoms with Crippen molar-refractivity contribution in [2.75, 3.05) is 42.9 Å². The molecule has 6 heteroatoms. The van der Waals surface area contributed by atoms with Gasteiger partial charge in [0.05, 0.1) is 17.9 Å². The number of anilines is 2. The molecular weight excluding hydrogens is 373 g/mol. The normalized spacial score (nSPS) is 15.3. The van der Waals surface area contributed by atoms with E-state index in [1.165, 1.54) is 6.07 Å². The third kappa shape index (κ3) is 4.13. The largest absolute Gasteiger partial charge is 0.367 e. The van der Waals surface area contributed by atoms with Crippen LogP contribution in [-0.4, -0.2) is 43.5 Å². The number of hydrogen-bond acceptors (Lipinski definition) is 3. The van der Waals surface area contributed by atoms with Gasteiger partial charge in [0, 0.05) is 30.7 Å². The summed E-state index contributed by atoms with van der Waals surface area (Å²) in [6, 6.07) is 14.4. The van der Waals surface area contributed by atoms with Gasteiger partial charge in [0.1, 0.15) is 5.82 Å². The molecule has 1 fully saturated rings. The number of carbonyl (C=O) groups excluding carboxylic acids is 1. The Morgan fingerprint density at radius 1 is 1.04 bits per heavy atom. The van der Waals surface area contributed by atoms with Crippen LogP contribution in [0, 0.1) is 5.82 Å². The molecule has 0 saturated carbocycles. The van der Waals surface area contributed by atoms with Gasteiger partial charge in [-0.25, -0.2) is 4.39 Å². The van der Waals surface area contributed by atoms with Gasteiger partial charge in [0.2, 0.25) is 5.91 Å². The van der Waals surface area contributed by atoms with Crippen LogP contribution in [0.1, 0.15) is 0 Å². The zero-order valence-electron chi connectivity index (χ0n) is 13.2. The molecule has 1 aliphatic heterocycles. The summed E-state index contributed by atoms with van der Waals surface area (Å²) in [6.07, 6.45) is 0. The molecule has 4 nitrogen and oxygen atoms in total. The second kappa shape index (κ2) is 7.77. The van der Waals surface area contributed by atoms with Crippen LogP contribution in [-0.2, 0) is 4.79 Å². The van der Waals surface area contributed by atoms with Crippen LogP contribution < -0.4 is 10.2 Å². The van der Waals surface area contributed by atoms with E-state index < -0.39 is 0 Å². The van der Waals surface area contributed by atoms with E-state index in [1.54, 1.807) is 12.1 Å². The molecule has 0 unspecified atom stereocenters. The number of amides is 1. The van der Waals surface area contributed by atoms with Crippen LogP contribution in [0.15, 0.2) is 53.0 Å². The molecule has 0 atom stereocenters. The minimum absolute atomic E-state index is 0.0405. The first-order valence-electron chi connectivity index (χ1n) is 7.90. The Labute approximate surface area is 149 Å². The fraction of sp³-hybridized carbons (Fsp3) is 0.278. The average molecular weight is 392 g/mol. The first-order valence-corrected chi connectivity index (χ1v) is 8.69. The maximum atomic E-state index is 13.8. The minimum atomic E-state index is -0.197. The summed E-state index contributed by atoms with van der Waals surface area (Å²) in [7, 11) is 0. The van der Waals surface area contributed by atoms with Crippen molar-refractivity contribution >= 4 is 33.2 Å². The van der Waals surface area contributed by atoms with Crippen molar-refractivity contribution in [1.82, 2.24) is 4.90 Å². The second-order valence-corrected chi connectivity index (χ2v) is 6.60. The van der Waals surface area contributed by atoms with Crippen molar-refractivity contribution in [2.45, 2.75) is 0 Å². The van der Waals surface area contributed by atoms with E-state index in [4.69, 9.17) is 0 Å². The number of piperazine rings is 1. The van der Waals surface area contributed by atoms with E-state index in [2.05, 4.69) is 26.1 Å². The average Bonchev–Trinajstić information content (AvgIpc) is 2.58. The van der Waals surface area contributed by atoms with E-state index in [0.717, 1.165) is 23.2 Å². The van der Waals surface area contributed by atoms with Gasteiger partial charge in [-0.3, -0.25) is 9.69 Å². The van der Waals surface area contributed by atoms with Crippen LogP contribution in [0.3, 0.4) is 0 Å². The summed E-state index contributed by atoms with van der Waals surface area (Å²) in [5.41, 5.74) is 1.40. The van der Waals surface area contributed by atoms with E-state index in [-0.39, 0.29) is 11.7 Å². The standard InChI is InChI=1S/C18H19BrFN3O/c19-14-5-1-3-7-16(14)21-18(24)13-22-9-11-23(12-10-22)17-8-4-2-6-15(17)20/h1-8H,9-13H2,(H,21,24). The highest BCUT2D eigenvalue weighted by Gasteiger charge is 2.21. The third-order valence-electron chi connectivity index (χ3n) is 4.08. The predicted octanol–water partition coefficient (Wildman–Crippen LogP) is 3.35. The fourth-order valence-electron chi connectivity index (χ4n) is 2.81. The molecule has 1 heterocycles. The molecule has 24 heavy (non-hydrogen) atoms. The number of hydrogen-bond donors (Lipinski definition) is 1. The van der Waals surface area contributed by atoms with Crippen LogP contribution in [0.2, 0.25) is 0 Å². The highest BCUT2D eigenvalue weighted by Crippen LogP contribution is 2.22. The highest BCUT2D eigenvalue weighted by molar-refractivity contribution is 9.10. The Hall–Kier alpha value is -1.92. The summed E-state index contributed by atoms with van der Waals surface area (Å²) >= 11 is 3.42. The van der Waals surface area contributed by atoms with Gasteiger partial charge < -0.3 is 10.2 Å². The number of para-hydroxylation sites is 2. The SMILES string of the molecule is O=C(CN1CCN(c2ccccc2F)CC1)Nc1ccccc1Br. The lowest BCUT2D eigenvalue weighted by atomic mass is 10.2. The molecule has 1 amide bonds. The molecule has 0 bridgehead atoms. The minimum Gasteiger partial charge on any atom is -0.367 e. The molecule has 0 radical (unpaired) electrons. The van der Waals surface area contributed by atoms with Gasteiger partial charge in [0.25, 0.3) is 0 Å². The molecule has 1 N–H and O–H groups in total. The number of carbonyl (C=O) groups is 1. The van der Waals surface area contributed by atoms with Crippen molar-refractivity contribution in [3.8, 4) is 0 Å². The number of benzene rings is 2. The molecule has 2 aromatic carbocycles.